The SMILES string of the molecule is C(=C\c1ccc(/C=C/c2ccc3c(c2)OCO3)c2nsnc12)/c1ccc2c(c1)OCO2. The van der Waals surface area contributed by atoms with Gasteiger partial charge in [0.25, 0.3) is 0 Å². The lowest BCUT2D eigenvalue weighted by Crippen LogP contribution is -1.92. The van der Waals surface area contributed by atoms with E-state index in [4.69, 9.17) is 18.9 Å². The summed E-state index contributed by atoms with van der Waals surface area (Å²) < 4.78 is 30.7. The van der Waals surface area contributed by atoms with Crippen molar-refractivity contribution in [2.75, 3.05) is 13.6 Å². The minimum absolute atomic E-state index is 0.273. The highest BCUT2D eigenvalue weighted by Gasteiger charge is 2.14. The molecule has 0 unspecified atom stereocenters. The van der Waals surface area contributed by atoms with Crippen LogP contribution in [0.25, 0.3) is 35.3 Å². The highest BCUT2D eigenvalue weighted by atomic mass is 32.1. The second-order valence-corrected chi connectivity index (χ2v) is 7.63. The molecular formula is C24H16N2O4S. The van der Waals surface area contributed by atoms with Gasteiger partial charge in [0.1, 0.15) is 11.0 Å². The predicted octanol–water partition coefficient (Wildman–Crippen LogP) is 5.49. The molecule has 3 heterocycles. The van der Waals surface area contributed by atoms with Crippen LogP contribution in [0.4, 0.5) is 0 Å². The number of hydrogen-bond donors (Lipinski definition) is 0. The minimum atomic E-state index is 0.273. The van der Waals surface area contributed by atoms with Gasteiger partial charge in [-0.3, -0.25) is 0 Å². The van der Waals surface area contributed by atoms with E-state index >= 15 is 0 Å². The van der Waals surface area contributed by atoms with Gasteiger partial charge in [-0.1, -0.05) is 48.6 Å². The van der Waals surface area contributed by atoms with Crippen LogP contribution in [0, 0.1) is 0 Å². The molecule has 0 fully saturated rings. The number of ether oxygens (including phenoxy) is 4. The van der Waals surface area contributed by atoms with Gasteiger partial charge in [0.15, 0.2) is 23.0 Å². The van der Waals surface area contributed by atoms with Crippen LogP contribution in [0.3, 0.4) is 0 Å². The maximum absolute atomic E-state index is 5.45. The molecule has 0 N–H and O–H groups in total. The van der Waals surface area contributed by atoms with Gasteiger partial charge in [-0.05, 0) is 35.4 Å². The Morgan fingerprint density at radius 2 is 1.06 bits per heavy atom. The van der Waals surface area contributed by atoms with Gasteiger partial charge in [-0.25, -0.2) is 0 Å². The van der Waals surface area contributed by atoms with Crippen molar-refractivity contribution in [1.82, 2.24) is 8.75 Å². The maximum Gasteiger partial charge on any atom is 0.231 e. The molecule has 0 aliphatic carbocycles. The van der Waals surface area contributed by atoms with E-state index in [1.165, 1.54) is 11.7 Å². The van der Waals surface area contributed by atoms with Gasteiger partial charge in [-0.2, -0.15) is 8.75 Å². The fraction of sp³-hybridized carbons (Fsp3) is 0.0833. The standard InChI is InChI=1S/C24H16N2O4S/c1(15-3-9-19-21(11-15)29-13-27-19)5-17-7-8-18(24-23(17)25-31-26-24)6-2-16-4-10-20-22(12-16)30-14-28-20/h1-12H,13-14H2/b5-1+,6-2+. The first-order valence-corrected chi connectivity index (χ1v) is 10.5. The summed E-state index contributed by atoms with van der Waals surface area (Å²) in [5.41, 5.74) is 5.87. The molecule has 2 aliphatic rings. The number of rotatable bonds is 4. The third-order valence-electron chi connectivity index (χ3n) is 5.18. The molecule has 1 aromatic heterocycles. The van der Waals surface area contributed by atoms with Gasteiger partial charge >= 0.3 is 0 Å². The van der Waals surface area contributed by atoms with Crippen molar-refractivity contribution in [1.29, 1.82) is 0 Å². The molecule has 6 nitrogen and oxygen atoms in total. The van der Waals surface area contributed by atoms with Gasteiger partial charge in [0.05, 0.1) is 11.7 Å². The summed E-state index contributed by atoms with van der Waals surface area (Å²) in [7, 11) is 0. The van der Waals surface area contributed by atoms with Gasteiger partial charge in [-0.15, -0.1) is 0 Å². The van der Waals surface area contributed by atoms with Crippen molar-refractivity contribution in [3.63, 3.8) is 0 Å². The zero-order chi connectivity index (χ0) is 20.6. The molecule has 2 aliphatic heterocycles. The number of aromatic nitrogens is 2. The van der Waals surface area contributed by atoms with E-state index in [1.54, 1.807) is 0 Å². The Morgan fingerprint density at radius 1 is 0.581 bits per heavy atom. The van der Waals surface area contributed by atoms with Crippen molar-refractivity contribution in [2.24, 2.45) is 0 Å². The minimum Gasteiger partial charge on any atom is -0.454 e. The first-order valence-electron chi connectivity index (χ1n) is 9.74. The highest BCUT2D eigenvalue weighted by Crippen LogP contribution is 2.34. The Balaban J connectivity index is 1.28. The molecule has 0 bridgehead atoms. The molecule has 6 rings (SSSR count). The quantitative estimate of drug-likeness (QED) is 0.401. The molecule has 0 spiro atoms. The van der Waals surface area contributed by atoms with E-state index < -0.39 is 0 Å². The van der Waals surface area contributed by atoms with Crippen LogP contribution in [-0.2, 0) is 0 Å². The fourth-order valence-corrected chi connectivity index (χ4v) is 4.17. The molecule has 152 valence electrons. The summed E-state index contributed by atoms with van der Waals surface area (Å²) in [5.74, 6) is 3.10. The predicted molar refractivity (Wildman–Crippen MR) is 120 cm³/mol. The third-order valence-corrected chi connectivity index (χ3v) is 5.71. The molecule has 0 saturated heterocycles. The lowest BCUT2D eigenvalue weighted by molar-refractivity contribution is 0.173. The summed E-state index contributed by atoms with van der Waals surface area (Å²) in [4.78, 5) is 0. The van der Waals surface area contributed by atoms with E-state index in [0.29, 0.717) is 0 Å². The number of benzene rings is 3. The summed E-state index contributed by atoms with van der Waals surface area (Å²) in [6.45, 7) is 0.545. The Kier molecular flexibility index (Phi) is 4.32. The van der Waals surface area contributed by atoms with E-state index in [1.807, 2.05) is 60.7 Å². The first kappa shape index (κ1) is 18.0. The largest absolute Gasteiger partial charge is 0.454 e. The smallest absolute Gasteiger partial charge is 0.231 e. The van der Waals surface area contributed by atoms with Gasteiger partial charge in [0, 0.05) is 11.1 Å². The number of fused-ring (bicyclic) bond motifs is 3. The van der Waals surface area contributed by atoms with Crippen molar-refractivity contribution in [2.45, 2.75) is 0 Å². The average molecular weight is 428 g/mol. The van der Waals surface area contributed by atoms with E-state index in [0.717, 1.165) is 56.3 Å². The van der Waals surface area contributed by atoms with E-state index in [2.05, 4.69) is 20.9 Å². The van der Waals surface area contributed by atoms with Gasteiger partial charge in [0.2, 0.25) is 13.6 Å². The molecule has 0 atom stereocenters. The Hall–Kier alpha value is -3.84. The second kappa shape index (κ2) is 7.45. The second-order valence-electron chi connectivity index (χ2n) is 7.10. The summed E-state index contributed by atoms with van der Waals surface area (Å²) >= 11 is 1.22. The van der Waals surface area contributed by atoms with Crippen LogP contribution in [0.1, 0.15) is 22.3 Å². The van der Waals surface area contributed by atoms with Crippen LogP contribution in [-0.4, -0.2) is 22.3 Å². The van der Waals surface area contributed by atoms with Crippen molar-refractivity contribution < 1.29 is 18.9 Å². The van der Waals surface area contributed by atoms with Crippen molar-refractivity contribution in [3.05, 3.63) is 70.8 Å². The summed E-state index contributed by atoms with van der Waals surface area (Å²) in [6.07, 6.45) is 8.18. The Labute approximate surface area is 182 Å². The lowest BCUT2D eigenvalue weighted by atomic mass is 10.1. The molecule has 7 heteroatoms. The molecule has 3 aromatic carbocycles. The molecular weight excluding hydrogens is 412 g/mol. The van der Waals surface area contributed by atoms with Crippen LogP contribution in [0.15, 0.2) is 48.5 Å². The Morgan fingerprint density at radius 3 is 1.58 bits per heavy atom. The molecule has 0 amide bonds. The number of hydrogen-bond acceptors (Lipinski definition) is 7. The van der Waals surface area contributed by atoms with Crippen LogP contribution in [0.2, 0.25) is 0 Å². The van der Waals surface area contributed by atoms with Crippen molar-refractivity contribution in [3.8, 4) is 23.0 Å². The topological polar surface area (TPSA) is 62.7 Å². The summed E-state index contributed by atoms with van der Waals surface area (Å²) in [6, 6.07) is 15.9. The monoisotopic (exact) mass is 428 g/mol. The molecule has 4 aromatic rings. The van der Waals surface area contributed by atoms with Crippen molar-refractivity contribution >= 4 is 47.1 Å². The zero-order valence-corrected chi connectivity index (χ0v) is 17.1. The third kappa shape index (κ3) is 3.39. The summed E-state index contributed by atoms with van der Waals surface area (Å²) in [5, 5.41) is 0. The average Bonchev–Trinajstić information content (AvgIpc) is 3.56. The molecule has 31 heavy (non-hydrogen) atoms. The van der Waals surface area contributed by atoms with Crippen LogP contribution >= 0.6 is 11.7 Å². The molecule has 0 saturated carbocycles. The Bertz CT molecular complexity index is 1260. The van der Waals surface area contributed by atoms with Crippen LogP contribution in [0.5, 0.6) is 23.0 Å². The lowest BCUT2D eigenvalue weighted by Gasteiger charge is -2.01. The van der Waals surface area contributed by atoms with Gasteiger partial charge < -0.3 is 18.9 Å². The highest BCUT2D eigenvalue weighted by molar-refractivity contribution is 7.00. The number of nitrogens with zero attached hydrogens (tertiary/aromatic N) is 2. The normalized spacial score (nSPS) is 14.3. The maximum atomic E-state index is 5.45. The fourth-order valence-electron chi connectivity index (χ4n) is 3.58. The van der Waals surface area contributed by atoms with E-state index in [9.17, 15) is 0 Å². The van der Waals surface area contributed by atoms with E-state index in [-0.39, 0.29) is 13.6 Å². The first-order chi connectivity index (χ1) is 15.3. The van der Waals surface area contributed by atoms with Crippen LogP contribution < -0.4 is 18.9 Å². The molecule has 0 radical (unpaired) electrons. The zero-order valence-electron chi connectivity index (χ0n) is 16.3.